The molecule has 0 amide bonds. The Bertz CT molecular complexity index is 637. The van der Waals surface area contributed by atoms with E-state index in [0.717, 1.165) is 11.6 Å². The summed E-state index contributed by atoms with van der Waals surface area (Å²) in [6.45, 7) is 2.65. The average Bonchev–Trinajstić information content (AvgIpc) is 2.86. The second-order valence-electron chi connectivity index (χ2n) is 9.96. The maximum atomic E-state index is 9.23. The maximum absolute atomic E-state index is 9.23. The van der Waals surface area contributed by atoms with Crippen molar-refractivity contribution in [2.24, 2.45) is 0 Å². The van der Waals surface area contributed by atoms with Gasteiger partial charge in [-0.25, -0.2) is 0 Å². The fraction of sp³-hybridized carbons (Fsp3) is 0.600. The lowest BCUT2D eigenvalue weighted by Crippen LogP contribution is -2.47. The molecule has 0 fully saturated rings. The predicted molar refractivity (Wildman–Crippen MR) is 154 cm³/mol. The van der Waals surface area contributed by atoms with Gasteiger partial charge in [-0.2, -0.15) is 0 Å². The minimum absolute atomic E-state index is 0.0984. The third kappa shape index (κ3) is 12.2. The largest absolute Gasteiger partial charge is 0.396 e. The second kappa shape index (κ2) is 19.2. The van der Waals surface area contributed by atoms with Crippen LogP contribution in [0.1, 0.15) is 96.8 Å². The van der Waals surface area contributed by atoms with Gasteiger partial charge >= 0.3 is 0 Å². The SMILES string of the molecule is CCCCCCCCCCCC[SiH2][C@@H](CCCCCO)[SiH](c1ccccc1)c1ccccc1. The Labute approximate surface area is 208 Å². The third-order valence-electron chi connectivity index (χ3n) is 7.20. The highest BCUT2D eigenvalue weighted by Gasteiger charge is 2.26. The van der Waals surface area contributed by atoms with Gasteiger partial charge in [0.1, 0.15) is 8.80 Å². The fourth-order valence-electron chi connectivity index (χ4n) is 5.30. The molecule has 2 aromatic carbocycles. The minimum atomic E-state index is -1.20. The normalized spacial score (nSPS) is 12.7. The summed E-state index contributed by atoms with van der Waals surface area (Å²) in [6.07, 6.45) is 19.2. The molecular weight excluding hydrogens is 433 g/mol. The predicted octanol–water partition coefficient (Wildman–Crippen LogP) is 6.42. The molecule has 0 heterocycles. The average molecular weight is 483 g/mol. The first-order valence-electron chi connectivity index (χ1n) is 14.1. The van der Waals surface area contributed by atoms with Crippen molar-refractivity contribution >= 4 is 28.7 Å². The van der Waals surface area contributed by atoms with Gasteiger partial charge in [-0.15, -0.1) is 0 Å². The molecule has 33 heavy (non-hydrogen) atoms. The van der Waals surface area contributed by atoms with Crippen LogP contribution >= 0.6 is 0 Å². The monoisotopic (exact) mass is 482 g/mol. The standard InChI is InChI=1S/C30H50OSi2/c1-2-3-4-5-6-7-8-9-10-20-27-32-30(25-18-13-19-26-31)33(28-21-14-11-15-22-28)29-23-16-12-17-24-29/h11-12,14-17,21-24,30-31,33H,2-10,13,18-20,25-27,32H2,1H3/t30-/m1/s1. The molecule has 1 nitrogen and oxygen atoms in total. The van der Waals surface area contributed by atoms with E-state index in [4.69, 9.17) is 0 Å². The Morgan fingerprint density at radius 3 is 1.64 bits per heavy atom. The first kappa shape index (κ1) is 28.1. The zero-order chi connectivity index (χ0) is 23.4. The van der Waals surface area contributed by atoms with Gasteiger partial charge in [0.2, 0.25) is 0 Å². The number of hydrogen-bond acceptors (Lipinski definition) is 1. The van der Waals surface area contributed by atoms with Crippen LogP contribution in [0.4, 0.5) is 0 Å². The highest BCUT2D eigenvalue weighted by molar-refractivity contribution is 6.91. The lowest BCUT2D eigenvalue weighted by atomic mass is 10.1. The van der Waals surface area contributed by atoms with Gasteiger partial charge < -0.3 is 5.11 Å². The van der Waals surface area contributed by atoms with Crippen LogP contribution in [0.5, 0.6) is 0 Å². The first-order valence-corrected chi connectivity index (χ1v) is 17.7. The van der Waals surface area contributed by atoms with Crippen LogP contribution in [0.15, 0.2) is 60.7 Å². The number of aliphatic hydroxyl groups is 1. The summed E-state index contributed by atoms with van der Waals surface area (Å²) < 4.78 is 0. The van der Waals surface area contributed by atoms with E-state index >= 15 is 0 Å². The summed E-state index contributed by atoms with van der Waals surface area (Å²) in [5.74, 6) is 0. The van der Waals surface area contributed by atoms with Crippen molar-refractivity contribution in [1.29, 1.82) is 0 Å². The lowest BCUT2D eigenvalue weighted by molar-refractivity contribution is 0.283. The van der Waals surface area contributed by atoms with Crippen LogP contribution in [0.25, 0.3) is 0 Å². The van der Waals surface area contributed by atoms with Crippen LogP contribution in [-0.2, 0) is 0 Å². The van der Waals surface area contributed by atoms with Gasteiger partial charge in [-0.1, -0.05) is 167 Å². The Morgan fingerprint density at radius 1 is 0.636 bits per heavy atom. The molecule has 0 unspecified atom stereocenters. The van der Waals surface area contributed by atoms with E-state index in [1.807, 2.05) is 0 Å². The molecule has 0 saturated carbocycles. The number of hydrogen-bond donors (Lipinski definition) is 1. The summed E-state index contributed by atoms with van der Waals surface area (Å²) >= 11 is 0. The van der Waals surface area contributed by atoms with Crippen LogP contribution in [0.3, 0.4) is 0 Å². The summed E-state index contributed by atoms with van der Waals surface area (Å²) in [7, 11) is -1.30. The molecule has 1 N–H and O–H groups in total. The Morgan fingerprint density at radius 2 is 1.12 bits per heavy atom. The van der Waals surface area contributed by atoms with Crippen molar-refractivity contribution in [1.82, 2.24) is 0 Å². The van der Waals surface area contributed by atoms with Gasteiger partial charge in [0.05, 0.1) is 0 Å². The van der Waals surface area contributed by atoms with Crippen molar-refractivity contribution < 1.29 is 5.11 Å². The Kier molecular flexibility index (Phi) is 16.3. The summed E-state index contributed by atoms with van der Waals surface area (Å²) in [5, 5.41) is 13.4. The fourth-order valence-corrected chi connectivity index (χ4v) is 14.0. The van der Waals surface area contributed by atoms with E-state index in [0.29, 0.717) is 6.61 Å². The molecule has 2 aromatic rings. The molecule has 0 saturated heterocycles. The summed E-state index contributed by atoms with van der Waals surface area (Å²) in [4.78, 5) is 0. The van der Waals surface area contributed by atoms with Gasteiger partial charge in [0.25, 0.3) is 0 Å². The van der Waals surface area contributed by atoms with Crippen molar-refractivity contribution in [2.45, 2.75) is 108 Å². The molecule has 0 aliphatic carbocycles. The topological polar surface area (TPSA) is 20.2 Å². The van der Waals surface area contributed by atoms with E-state index in [9.17, 15) is 5.11 Å². The quantitative estimate of drug-likeness (QED) is 0.171. The molecule has 184 valence electrons. The maximum Gasteiger partial charge on any atom is 0.103 e. The number of rotatable bonds is 20. The summed E-state index contributed by atoms with van der Waals surface area (Å²) in [5.41, 5.74) is 0. The number of aliphatic hydroxyl groups excluding tert-OH is 1. The Hall–Kier alpha value is -1.17. The van der Waals surface area contributed by atoms with Crippen molar-refractivity contribution in [3.05, 3.63) is 60.7 Å². The smallest absolute Gasteiger partial charge is 0.103 e. The van der Waals surface area contributed by atoms with E-state index in [1.165, 1.54) is 89.5 Å². The van der Waals surface area contributed by atoms with Crippen LogP contribution in [0.2, 0.25) is 11.2 Å². The van der Waals surface area contributed by atoms with E-state index < -0.39 is 8.80 Å². The van der Waals surface area contributed by atoms with Crippen LogP contribution < -0.4 is 10.4 Å². The van der Waals surface area contributed by atoms with Gasteiger partial charge in [0.15, 0.2) is 0 Å². The number of unbranched alkanes of at least 4 members (excludes halogenated alkanes) is 11. The first-order chi connectivity index (χ1) is 16.4. The minimum Gasteiger partial charge on any atom is -0.396 e. The van der Waals surface area contributed by atoms with E-state index in [1.54, 1.807) is 10.4 Å². The highest BCUT2D eigenvalue weighted by atomic mass is 28.3. The molecule has 0 aromatic heterocycles. The van der Waals surface area contributed by atoms with E-state index in [2.05, 4.69) is 67.6 Å². The second-order valence-corrected chi connectivity index (χ2v) is 16.5. The zero-order valence-corrected chi connectivity index (χ0v) is 24.0. The molecule has 0 aliphatic heterocycles. The van der Waals surface area contributed by atoms with Gasteiger partial charge in [-0.05, 0) is 11.6 Å². The molecule has 0 aliphatic rings. The molecule has 2 rings (SSSR count). The molecule has 0 radical (unpaired) electrons. The molecule has 3 heteroatoms. The molecule has 0 bridgehead atoms. The molecule has 0 spiro atoms. The third-order valence-corrected chi connectivity index (χ3v) is 15.2. The van der Waals surface area contributed by atoms with Crippen molar-refractivity contribution in [3.63, 3.8) is 0 Å². The van der Waals surface area contributed by atoms with Crippen LogP contribution in [0, 0.1) is 0 Å². The zero-order valence-electron chi connectivity index (χ0n) is 21.4. The summed E-state index contributed by atoms with van der Waals surface area (Å²) in [6, 6.07) is 24.4. The van der Waals surface area contributed by atoms with Gasteiger partial charge in [-0.3, -0.25) is 0 Å². The highest BCUT2D eigenvalue weighted by Crippen LogP contribution is 2.22. The molecule has 1 atom stereocenters. The number of benzene rings is 2. The van der Waals surface area contributed by atoms with Gasteiger partial charge in [0, 0.05) is 16.1 Å². The Balaban J connectivity index is 1.86. The molecular formula is C30H50OSi2. The van der Waals surface area contributed by atoms with E-state index in [-0.39, 0.29) is 9.52 Å². The van der Waals surface area contributed by atoms with Crippen molar-refractivity contribution in [3.8, 4) is 0 Å². The van der Waals surface area contributed by atoms with Crippen molar-refractivity contribution in [2.75, 3.05) is 6.61 Å². The lowest BCUT2D eigenvalue weighted by Gasteiger charge is -2.27. The van der Waals surface area contributed by atoms with Crippen LogP contribution in [-0.4, -0.2) is 30.0 Å².